The maximum absolute atomic E-state index is 12.4. The van der Waals surface area contributed by atoms with Crippen LogP contribution < -0.4 is 5.32 Å². The second-order valence-electron chi connectivity index (χ2n) is 3.82. The molecule has 98 valence electrons. The van der Waals surface area contributed by atoms with E-state index in [1.165, 1.54) is 6.20 Å². The first-order chi connectivity index (χ1) is 7.99. The van der Waals surface area contributed by atoms with E-state index in [0.29, 0.717) is 4.88 Å². The van der Waals surface area contributed by atoms with Crippen molar-refractivity contribution >= 4 is 11.3 Å². The van der Waals surface area contributed by atoms with Crippen molar-refractivity contribution in [3.8, 4) is 0 Å². The van der Waals surface area contributed by atoms with Crippen LogP contribution in [0.1, 0.15) is 49.0 Å². The van der Waals surface area contributed by atoms with Gasteiger partial charge in [0.2, 0.25) is 0 Å². The van der Waals surface area contributed by atoms with Crippen LogP contribution >= 0.6 is 11.3 Å². The predicted octanol–water partition coefficient (Wildman–Crippen LogP) is 4.00. The molecule has 0 aliphatic carbocycles. The normalized spacial score (nSPS) is 13.9. The summed E-state index contributed by atoms with van der Waals surface area (Å²) >= 11 is 0.740. The lowest BCUT2D eigenvalue weighted by molar-refractivity contribution is -0.137. The van der Waals surface area contributed by atoms with Crippen molar-refractivity contribution in [2.45, 2.75) is 45.3 Å². The van der Waals surface area contributed by atoms with Crippen molar-refractivity contribution in [2.24, 2.45) is 0 Å². The number of thiazole rings is 1. The fraction of sp³-hybridized carbons (Fsp3) is 0.727. The standard InChI is InChI=1S/C11H17F3N2S/c1-3-5-6-8(15-4-2)9-7-16-10(17-9)11(12,13)14/h7-8,15H,3-6H2,1-2H3. The molecule has 0 aliphatic heterocycles. The first-order valence-electron chi connectivity index (χ1n) is 5.75. The number of hydrogen-bond donors (Lipinski definition) is 1. The smallest absolute Gasteiger partial charge is 0.309 e. The number of hydrogen-bond acceptors (Lipinski definition) is 3. The number of nitrogens with one attached hydrogen (secondary N) is 1. The molecule has 1 atom stereocenters. The molecular formula is C11H17F3N2S. The van der Waals surface area contributed by atoms with Crippen LogP contribution in [0.2, 0.25) is 0 Å². The summed E-state index contributed by atoms with van der Waals surface area (Å²) in [6, 6.07) is -0.00597. The second kappa shape index (κ2) is 6.35. The van der Waals surface area contributed by atoms with E-state index >= 15 is 0 Å². The van der Waals surface area contributed by atoms with Crippen molar-refractivity contribution in [3.05, 3.63) is 16.1 Å². The Hall–Kier alpha value is -0.620. The summed E-state index contributed by atoms with van der Waals surface area (Å²) in [6.45, 7) is 4.76. The molecular weight excluding hydrogens is 249 g/mol. The van der Waals surface area contributed by atoms with Gasteiger partial charge in [-0.1, -0.05) is 26.7 Å². The van der Waals surface area contributed by atoms with Crippen molar-refractivity contribution in [3.63, 3.8) is 0 Å². The van der Waals surface area contributed by atoms with Crippen LogP contribution in [0.5, 0.6) is 0 Å². The summed E-state index contributed by atoms with van der Waals surface area (Å²) in [5.74, 6) is 0. The molecule has 0 aliphatic rings. The van der Waals surface area contributed by atoms with Gasteiger partial charge in [-0.25, -0.2) is 4.98 Å². The van der Waals surface area contributed by atoms with Gasteiger partial charge < -0.3 is 5.32 Å². The first-order valence-corrected chi connectivity index (χ1v) is 6.57. The molecule has 0 saturated heterocycles. The molecule has 1 N–H and O–H groups in total. The largest absolute Gasteiger partial charge is 0.443 e. The third-order valence-electron chi connectivity index (χ3n) is 2.41. The van der Waals surface area contributed by atoms with Crippen molar-refractivity contribution in [1.29, 1.82) is 0 Å². The Kier molecular flexibility index (Phi) is 5.39. The summed E-state index contributed by atoms with van der Waals surface area (Å²) < 4.78 is 37.3. The molecule has 1 rings (SSSR count). The van der Waals surface area contributed by atoms with Crippen LogP contribution in [-0.4, -0.2) is 11.5 Å². The zero-order valence-electron chi connectivity index (χ0n) is 9.97. The number of halogens is 3. The molecule has 1 aromatic heterocycles. The molecule has 0 radical (unpaired) electrons. The zero-order valence-corrected chi connectivity index (χ0v) is 10.8. The lowest BCUT2D eigenvalue weighted by Gasteiger charge is -2.15. The third kappa shape index (κ3) is 4.27. The van der Waals surface area contributed by atoms with Crippen LogP contribution in [0.3, 0.4) is 0 Å². The van der Waals surface area contributed by atoms with Gasteiger partial charge in [0.25, 0.3) is 0 Å². The molecule has 0 spiro atoms. The van der Waals surface area contributed by atoms with Gasteiger partial charge in [-0.3, -0.25) is 0 Å². The third-order valence-corrected chi connectivity index (χ3v) is 3.56. The van der Waals surface area contributed by atoms with Gasteiger partial charge in [0.1, 0.15) is 0 Å². The Morgan fingerprint density at radius 3 is 2.59 bits per heavy atom. The summed E-state index contributed by atoms with van der Waals surface area (Å²) in [5, 5.41) is 2.44. The highest BCUT2D eigenvalue weighted by Crippen LogP contribution is 2.35. The average molecular weight is 266 g/mol. The number of aromatic nitrogens is 1. The van der Waals surface area contributed by atoms with Gasteiger partial charge in [0.05, 0.1) is 0 Å². The van der Waals surface area contributed by atoms with Crippen LogP contribution in [0, 0.1) is 0 Å². The first kappa shape index (κ1) is 14.4. The molecule has 1 aromatic rings. The van der Waals surface area contributed by atoms with E-state index in [1.54, 1.807) is 0 Å². The van der Waals surface area contributed by atoms with Crippen LogP contribution in [0.15, 0.2) is 6.20 Å². The van der Waals surface area contributed by atoms with Gasteiger partial charge >= 0.3 is 6.18 Å². The molecule has 1 unspecified atom stereocenters. The number of nitrogens with zero attached hydrogens (tertiary/aromatic N) is 1. The van der Waals surface area contributed by atoms with Crippen molar-refractivity contribution in [2.75, 3.05) is 6.54 Å². The fourth-order valence-corrected chi connectivity index (χ4v) is 2.47. The summed E-state index contributed by atoms with van der Waals surface area (Å²) in [6.07, 6.45) is -0.103. The van der Waals surface area contributed by atoms with E-state index in [4.69, 9.17) is 0 Å². The minimum absolute atomic E-state index is 0.00597. The predicted molar refractivity (Wildman–Crippen MR) is 63.1 cm³/mol. The molecule has 2 nitrogen and oxygen atoms in total. The Balaban J connectivity index is 2.76. The van der Waals surface area contributed by atoms with Gasteiger partial charge in [0, 0.05) is 17.1 Å². The molecule has 0 bridgehead atoms. The van der Waals surface area contributed by atoms with Crippen molar-refractivity contribution < 1.29 is 13.2 Å². The van der Waals surface area contributed by atoms with Crippen LogP contribution in [0.4, 0.5) is 13.2 Å². The Bertz CT molecular complexity index is 336. The molecule has 0 saturated carbocycles. The monoisotopic (exact) mass is 266 g/mol. The van der Waals surface area contributed by atoms with Crippen LogP contribution in [-0.2, 0) is 6.18 Å². The SMILES string of the molecule is CCCCC(NCC)c1cnc(C(F)(F)F)s1. The average Bonchev–Trinajstić information content (AvgIpc) is 2.72. The van der Waals surface area contributed by atoms with Crippen LogP contribution in [0.25, 0.3) is 0 Å². The highest BCUT2D eigenvalue weighted by molar-refractivity contribution is 7.11. The molecule has 17 heavy (non-hydrogen) atoms. The van der Waals surface area contributed by atoms with Gasteiger partial charge in [-0.2, -0.15) is 13.2 Å². The van der Waals surface area contributed by atoms with E-state index in [0.717, 1.165) is 37.1 Å². The highest BCUT2D eigenvalue weighted by Gasteiger charge is 2.35. The number of rotatable bonds is 6. The summed E-state index contributed by atoms with van der Waals surface area (Å²) in [7, 11) is 0. The minimum atomic E-state index is -4.33. The number of unbranched alkanes of at least 4 members (excludes halogenated alkanes) is 1. The fourth-order valence-electron chi connectivity index (χ4n) is 1.58. The van der Waals surface area contributed by atoms with Gasteiger partial charge in [-0.05, 0) is 13.0 Å². The molecule has 6 heteroatoms. The summed E-state index contributed by atoms with van der Waals surface area (Å²) in [5.41, 5.74) is 0. The molecule has 1 heterocycles. The van der Waals surface area contributed by atoms with Crippen molar-refractivity contribution in [1.82, 2.24) is 10.3 Å². The highest BCUT2D eigenvalue weighted by atomic mass is 32.1. The maximum Gasteiger partial charge on any atom is 0.443 e. The van der Waals surface area contributed by atoms with Gasteiger partial charge in [-0.15, -0.1) is 11.3 Å². The maximum atomic E-state index is 12.4. The Morgan fingerprint density at radius 2 is 2.12 bits per heavy atom. The summed E-state index contributed by atoms with van der Waals surface area (Å²) in [4.78, 5) is 4.13. The second-order valence-corrected chi connectivity index (χ2v) is 4.88. The van der Waals surface area contributed by atoms with E-state index < -0.39 is 11.2 Å². The Morgan fingerprint density at radius 1 is 1.41 bits per heavy atom. The minimum Gasteiger partial charge on any atom is -0.309 e. The quantitative estimate of drug-likeness (QED) is 0.841. The molecule has 0 amide bonds. The number of alkyl halides is 3. The molecule has 0 aromatic carbocycles. The zero-order chi connectivity index (χ0) is 12.9. The Labute approximate surface area is 103 Å². The topological polar surface area (TPSA) is 24.9 Å². The van der Waals surface area contributed by atoms with E-state index in [-0.39, 0.29) is 6.04 Å². The van der Waals surface area contributed by atoms with E-state index in [9.17, 15) is 13.2 Å². The van der Waals surface area contributed by atoms with Gasteiger partial charge in [0.15, 0.2) is 5.01 Å². The lowest BCUT2D eigenvalue weighted by atomic mass is 10.1. The lowest BCUT2D eigenvalue weighted by Crippen LogP contribution is -2.19. The van der Waals surface area contributed by atoms with E-state index in [2.05, 4.69) is 17.2 Å². The molecule has 0 fully saturated rings. The van der Waals surface area contributed by atoms with E-state index in [1.807, 2.05) is 6.92 Å².